The van der Waals surface area contributed by atoms with Crippen LogP contribution in [0.3, 0.4) is 0 Å². The smallest absolute Gasteiger partial charge is 0.268 e. The van der Waals surface area contributed by atoms with Crippen LogP contribution in [0.5, 0.6) is 0 Å². The molecule has 0 fully saturated rings. The number of aryl methyl sites for hydroxylation is 2. The zero-order chi connectivity index (χ0) is 14.7. The Morgan fingerprint density at radius 1 is 1.30 bits per heavy atom. The standard InChI is InChI=1S/C14H14BrN3O2/c1-9-3-5-11(6-4-9)17-12(19)7-18-8-16-10(2)13(15)14(18)20/h3-6,8H,7H2,1-2H3,(H,17,19). The van der Waals surface area contributed by atoms with E-state index in [1.54, 1.807) is 6.92 Å². The van der Waals surface area contributed by atoms with Crippen molar-refractivity contribution in [3.05, 3.63) is 56.7 Å². The molecule has 0 aliphatic carbocycles. The molecule has 0 aliphatic rings. The first-order chi connectivity index (χ1) is 9.47. The number of rotatable bonds is 3. The molecule has 0 atom stereocenters. The molecule has 104 valence electrons. The monoisotopic (exact) mass is 335 g/mol. The van der Waals surface area contributed by atoms with Gasteiger partial charge in [0.25, 0.3) is 5.56 Å². The van der Waals surface area contributed by atoms with Crippen molar-refractivity contribution in [3.8, 4) is 0 Å². The molecule has 1 aromatic heterocycles. The molecule has 0 bridgehead atoms. The van der Waals surface area contributed by atoms with Gasteiger partial charge < -0.3 is 5.32 Å². The summed E-state index contributed by atoms with van der Waals surface area (Å²) in [6, 6.07) is 7.45. The van der Waals surface area contributed by atoms with E-state index >= 15 is 0 Å². The van der Waals surface area contributed by atoms with Crippen molar-refractivity contribution in [2.75, 3.05) is 5.32 Å². The van der Waals surface area contributed by atoms with E-state index in [2.05, 4.69) is 26.2 Å². The molecule has 2 aromatic rings. The van der Waals surface area contributed by atoms with Gasteiger partial charge >= 0.3 is 0 Å². The maximum Gasteiger partial charge on any atom is 0.268 e. The number of carbonyl (C=O) groups excluding carboxylic acids is 1. The summed E-state index contributed by atoms with van der Waals surface area (Å²) >= 11 is 3.17. The van der Waals surface area contributed by atoms with Gasteiger partial charge in [-0.1, -0.05) is 17.7 Å². The molecular weight excluding hydrogens is 322 g/mol. The number of anilines is 1. The van der Waals surface area contributed by atoms with Crippen molar-refractivity contribution in [1.29, 1.82) is 0 Å². The van der Waals surface area contributed by atoms with Crippen LogP contribution < -0.4 is 10.9 Å². The molecule has 0 unspecified atom stereocenters. The number of nitrogens with zero attached hydrogens (tertiary/aromatic N) is 2. The molecule has 1 amide bonds. The second kappa shape index (κ2) is 6.00. The van der Waals surface area contributed by atoms with Crippen LogP contribution in [0.15, 0.2) is 39.9 Å². The number of hydrogen-bond donors (Lipinski definition) is 1. The number of carbonyl (C=O) groups is 1. The van der Waals surface area contributed by atoms with Crippen LogP contribution in [-0.2, 0) is 11.3 Å². The highest BCUT2D eigenvalue weighted by Gasteiger charge is 2.09. The van der Waals surface area contributed by atoms with Crippen molar-refractivity contribution in [1.82, 2.24) is 9.55 Å². The summed E-state index contributed by atoms with van der Waals surface area (Å²) in [5.41, 5.74) is 2.15. The van der Waals surface area contributed by atoms with Crippen LogP contribution in [0, 0.1) is 13.8 Å². The Morgan fingerprint density at radius 3 is 2.60 bits per heavy atom. The quantitative estimate of drug-likeness (QED) is 0.935. The maximum atomic E-state index is 11.9. The molecule has 6 heteroatoms. The minimum absolute atomic E-state index is 0.0708. The van der Waals surface area contributed by atoms with E-state index in [9.17, 15) is 9.59 Å². The average molecular weight is 336 g/mol. The lowest BCUT2D eigenvalue weighted by atomic mass is 10.2. The lowest BCUT2D eigenvalue weighted by molar-refractivity contribution is -0.116. The van der Waals surface area contributed by atoms with Crippen LogP contribution in [-0.4, -0.2) is 15.5 Å². The Morgan fingerprint density at radius 2 is 1.95 bits per heavy atom. The van der Waals surface area contributed by atoms with Gasteiger partial charge in [-0.05, 0) is 41.9 Å². The minimum atomic E-state index is -0.270. The van der Waals surface area contributed by atoms with E-state index in [-0.39, 0.29) is 18.0 Å². The largest absolute Gasteiger partial charge is 0.325 e. The lowest BCUT2D eigenvalue weighted by Gasteiger charge is -2.08. The number of nitrogens with one attached hydrogen (secondary N) is 1. The van der Waals surface area contributed by atoms with Gasteiger partial charge in [0.05, 0.1) is 12.0 Å². The number of amides is 1. The number of aromatic nitrogens is 2. The molecule has 20 heavy (non-hydrogen) atoms. The van der Waals surface area contributed by atoms with E-state index < -0.39 is 0 Å². The molecule has 0 radical (unpaired) electrons. The number of halogens is 1. The summed E-state index contributed by atoms with van der Waals surface area (Å²) in [4.78, 5) is 27.9. The molecule has 0 saturated heterocycles. The Bertz CT molecular complexity index is 693. The topological polar surface area (TPSA) is 64.0 Å². The summed E-state index contributed by atoms with van der Waals surface area (Å²) in [6.07, 6.45) is 1.37. The maximum absolute atomic E-state index is 11.9. The SMILES string of the molecule is Cc1ccc(NC(=O)Cn2cnc(C)c(Br)c2=O)cc1. The zero-order valence-electron chi connectivity index (χ0n) is 11.2. The number of benzene rings is 1. The normalized spacial score (nSPS) is 10.3. The fraction of sp³-hybridized carbons (Fsp3) is 0.214. The Kier molecular flexibility index (Phi) is 4.34. The van der Waals surface area contributed by atoms with Gasteiger partial charge in [-0.15, -0.1) is 0 Å². The van der Waals surface area contributed by atoms with Gasteiger partial charge in [0, 0.05) is 5.69 Å². The third kappa shape index (κ3) is 3.33. The minimum Gasteiger partial charge on any atom is -0.325 e. The summed E-state index contributed by atoms with van der Waals surface area (Å²) in [6.45, 7) is 3.63. The van der Waals surface area contributed by atoms with Gasteiger partial charge in [-0.3, -0.25) is 14.2 Å². The summed E-state index contributed by atoms with van der Waals surface area (Å²) in [7, 11) is 0. The van der Waals surface area contributed by atoms with Crippen molar-refractivity contribution in [2.45, 2.75) is 20.4 Å². The van der Waals surface area contributed by atoms with Gasteiger partial charge in [-0.25, -0.2) is 4.98 Å². The fourth-order valence-electron chi connectivity index (χ4n) is 1.65. The van der Waals surface area contributed by atoms with Crippen LogP contribution in [0.1, 0.15) is 11.3 Å². The highest BCUT2D eigenvalue weighted by Crippen LogP contribution is 2.09. The van der Waals surface area contributed by atoms with Crippen molar-refractivity contribution < 1.29 is 4.79 Å². The van der Waals surface area contributed by atoms with Crippen LogP contribution in [0.4, 0.5) is 5.69 Å². The molecule has 1 heterocycles. The zero-order valence-corrected chi connectivity index (χ0v) is 12.8. The molecule has 0 saturated carbocycles. The molecule has 1 aromatic carbocycles. The predicted molar refractivity (Wildman–Crippen MR) is 80.7 cm³/mol. The second-order valence-electron chi connectivity index (χ2n) is 4.49. The van der Waals surface area contributed by atoms with Crippen LogP contribution in [0.2, 0.25) is 0 Å². The summed E-state index contributed by atoms with van der Waals surface area (Å²) in [5, 5.41) is 2.74. The molecular formula is C14H14BrN3O2. The molecule has 0 aliphatic heterocycles. The summed E-state index contributed by atoms with van der Waals surface area (Å²) < 4.78 is 1.64. The molecule has 0 spiro atoms. The van der Waals surface area contributed by atoms with E-state index in [0.29, 0.717) is 15.9 Å². The third-order valence-electron chi connectivity index (χ3n) is 2.81. The molecule has 5 nitrogen and oxygen atoms in total. The van der Waals surface area contributed by atoms with Gasteiger partial charge in [0.1, 0.15) is 11.0 Å². The Hall–Kier alpha value is -1.95. The van der Waals surface area contributed by atoms with Gasteiger partial charge in [0.15, 0.2) is 0 Å². The van der Waals surface area contributed by atoms with Crippen molar-refractivity contribution in [2.24, 2.45) is 0 Å². The van der Waals surface area contributed by atoms with Gasteiger partial charge in [-0.2, -0.15) is 0 Å². The van der Waals surface area contributed by atoms with Crippen LogP contribution >= 0.6 is 15.9 Å². The lowest BCUT2D eigenvalue weighted by Crippen LogP contribution is -2.28. The number of hydrogen-bond acceptors (Lipinski definition) is 3. The first-order valence-corrected chi connectivity index (χ1v) is 6.84. The summed E-state index contributed by atoms with van der Waals surface area (Å²) in [5.74, 6) is -0.270. The molecule has 2 rings (SSSR count). The predicted octanol–water partition coefficient (Wildman–Crippen LogP) is 2.26. The molecule has 1 N–H and O–H groups in total. The first kappa shape index (κ1) is 14.5. The van der Waals surface area contributed by atoms with Crippen LogP contribution in [0.25, 0.3) is 0 Å². The van der Waals surface area contributed by atoms with Gasteiger partial charge in [0.2, 0.25) is 5.91 Å². The first-order valence-electron chi connectivity index (χ1n) is 6.05. The highest BCUT2D eigenvalue weighted by molar-refractivity contribution is 9.10. The van der Waals surface area contributed by atoms with E-state index in [1.807, 2.05) is 31.2 Å². The van der Waals surface area contributed by atoms with Crippen molar-refractivity contribution >= 4 is 27.5 Å². The van der Waals surface area contributed by atoms with E-state index in [1.165, 1.54) is 10.9 Å². The fourth-order valence-corrected chi connectivity index (χ4v) is 1.98. The Balaban J connectivity index is 2.11. The van der Waals surface area contributed by atoms with E-state index in [4.69, 9.17) is 0 Å². The third-order valence-corrected chi connectivity index (χ3v) is 3.72. The van der Waals surface area contributed by atoms with E-state index in [0.717, 1.165) is 5.56 Å². The average Bonchev–Trinajstić information content (AvgIpc) is 2.42. The Labute approximate surface area is 124 Å². The second-order valence-corrected chi connectivity index (χ2v) is 5.28. The van der Waals surface area contributed by atoms with Crippen molar-refractivity contribution in [3.63, 3.8) is 0 Å². The highest BCUT2D eigenvalue weighted by atomic mass is 79.9.